The fourth-order valence-electron chi connectivity index (χ4n) is 1.91. The van der Waals surface area contributed by atoms with Crippen LogP contribution in [0.1, 0.15) is 34.1 Å². The second kappa shape index (κ2) is 5.10. The number of carbonyl (C=O) groups is 2. The summed E-state index contributed by atoms with van der Waals surface area (Å²) in [5.41, 5.74) is 1.02. The van der Waals surface area contributed by atoms with Crippen molar-refractivity contribution in [3.05, 3.63) is 35.4 Å². The van der Waals surface area contributed by atoms with Crippen LogP contribution in [-0.4, -0.2) is 36.5 Å². The van der Waals surface area contributed by atoms with Crippen molar-refractivity contribution in [2.75, 3.05) is 19.8 Å². The Morgan fingerprint density at radius 1 is 1.12 bits per heavy atom. The van der Waals surface area contributed by atoms with Crippen molar-refractivity contribution in [2.24, 2.45) is 0 Å². The molecule has 0 atom stereocenters. The number of rotatable bonds is 5. The van der Waals surface area contributed by atoms with E-state index < -0.39 is 0 Å². The van der Waals surface area contributed by atoms with Crippen LogP contribution in [-0.2, 0) is 4.74 Å². The lowest BCUT2D eigenvalue weighted by Gasteiger charge is -2.13. The zero-order valence-corrected chi connectivity index (χ0v) is 9.81. The van der Waals surface area contributed by atoms with Gasteiger partial charge in [0.05, 0.1) is 11.1 Å². The van der Waals surface area contributed by atoms with Crippen molar-refractivity contribution < 1.29 is 14.3 Å². The lowest BCUT2D eigenvalue weighted by Crippen LogP contribution is -2.31. The van der Waals surface area contributed by atoms with Crippen molar-refractivity contribution in [3.8, 4) is 0 Å². The van der Waals surface area contributed by atoms with E-state index in [4.69, 9.17) is 4.74 Å². The summed E-state index contributed by atoms with van der Waals surface area (Å²) in [6.45, 7) is 3.57. The first-order chi connectivity index (χ1) is 8.25. The van der Waals surface area contributed by atoms with E-state index in [0.717, 1.165) is 0 Å². The first-order valence-electron chi connectivity index (χ1n) is 5.78. The van der Waals surface area contributed by atoms with Crippen LogP contribution in [0, 0.1) is 0 Å². The summed E-state index contributed by atoms with van der Waals surface area (Å²) >= 11 is 0. The van der Waals surface area contributed by atoms with Gasteiger partial charge in [-0.25, -0.2) is 0 Å². The van der Waals surface area contributed by atoms with E-state index in [-0.39, 0.29) is 11.8 Å². The molecule has 0 N–H and O–H groups in total. The average molecular weight is 233 g/mol. The monoisotopic (exact) mass is 233 g/mol. The molecule has 0 fully saturated rings. The van der Waals surface area contributed by atoms with Crippen LogP contribution in [0.25, 0.3) is 0 Å². The molecule has 0 saturated carbocycles. The van der Waals surface area contributed by atoms with Gasteiger partial charge in [0.1, 0.15) is 0 Å². The Morgan fingerprint density at radius 3 is 2.24 bits per heavy atom. The highest BCUT2D eigenvalue weighted by molar-refractivity contribution is 6.21. The van der Waals surface area contributed by atoms with Crippen molar-refractivity contribution >= 4 is 11.8 Å². The number of carbonyl (C=O) groups excluding carboxylic acids is 2. The zero-order valence-electron chi connectivity index (χ0n) is 9.81. The molecule has 1 aromatic rings. The van der Waals surface area contributed by atoms with Crippen LogP contribution in [0.15, 0.2) is 24.3 Å². The van der Waals surface area contributed by atoms with Gasteiger partial charge in [-0.2, -0.15) is 0 Å². The molecule has 1 aromatic carbocycles. The molecular formula is C13H15NO3. The molecule has 0 aliphatic carbocycles. The van der Waals surface area contributed by atoms with Crippen molar-refractivity contribution in [3.63, 3.8) is 0 Å². The third-order valence-electron chi connectivity index (χ3n) is 2.75. The molecular weight excluding hydrogens is 218 g/mol. The standard InChI is InChI=1S/C13H15NO3/c1-2-17-9-5-8-14-12(15)10-6-3-4-7-11(10)13(14)16/h3-4,6-7H,2,5,8-9H2,1H3. The predicted octanol–water partition coefficient (Wildman–Crippen LogP) is 1.71. The van der Waals surface area contributed by atoms with E-state index in [0.29, 0.717) is 37.3 Å². The summed E-state index contributed by atoms with van der Waals surface area (Å²) < 4.78 is 5.19. The maximum Gasteiger partial charge on any atom is 0.261 e. The van der Waals surface area contributed by atoms with Gasteiger partial charge in [0.25, 0.3) is 11.8 Å². The van der Waals surface area contributed by atoms with Crippen LogP contribution >= 0.6 is 0 Å². The molecule has 4 heteroatoms. The van der Waals surface area contributed by atoms with Crippen LogP contribution in [0.3, 0.4) is 0 Å². The molecule has 1 aliphatic rings. The quantitative estimate of drug-likeness (QED) is 0.574. The van der Waals surface area contributed by atoms with Gasteiger partial charge >= 0.3 is 0 Å². The van der Waals surface area contributed by atoms with Crippen molar-refractivity contribution in [1.82, 2.24) is 4.90 Å². The molecule has 2 rings (SSSR count). The largest absolute Gasteiger partial charge is 0.382 e. The SMILES string of the molecule is CCOCCCN1C(=O)c2ccccc2C1=O. The molecule has 0 unspecified atom stereocenters. The molecule has 1 heterocycles. The van der Waals surface area contributed by atoms with E-state index >= 15 is 0 Å². The number of fused-ring (bicyclic) bond motifs is 1. The number of amides is 2. The van der Waals surface area contributed by atoms with E-state index in [9.17, 15) is 9.59 Å². The van der Waals surface area contributed by atoms with E-state index in [1.54, 1.807) is 24.3 Å². The zero-order chi connectivity index (χ0) is 12.3. The minimum atomic E-state index is -0.193. The predicted molar refractivity (Wildman–Crippen MR) is 62.9 cm³/mol. The van der Waals surface area contributed by atoms with Gasteiger partial charge in [-0.3, -0.25) is 14.5 Å². The third kappa shape index (κ3) is 2.22. The molecule has 0 saturated heterocycles. The van der Waals surface area contributed by atoms with Gasteiger partial charge in [0, 0.05) is 19.8 Å². The van der Waals surface area contributed by atoms with Gasteiger partial charge in [-0.05, 0) is 25.5 Å². The van der Waals surface area contributed by atoms with E-state index in [1.807, 2.05) is 6.92 Å². The maximum absolute atomic E-state index is 11.9. The molecule has 0 spiro atoms. The summed E-state index contributed by atoms with van der Waals surface area (Å²) in [4.78, 5) is 25.2. The van der Waals surface area contributed by atoms with Crippen LogP contribution in [0.2, 0.25) is 0 Å². The second-order valence-corrected chi connectivity index (χ2v) is 3.86. The average Bonchev–Trinajstić information content (AvgIpc) is 2.60. The van der Waals surface area contributed by atoms with Gasteiger partial charge in [-0.15, -0.1) is 0 Å². The van der Waals surface area contributed by atoms with Gasteiger partial charge in [-0.1, -0.05) is 12.1 Å². The molecule has 4 nitrogen and oxygen atoms in total. The van der Waals surface area contributed by atoms with Gasteiger partial charge in [0.15, 0.2) is 0 Å². The Hall–Kier alpha value is -1.68. The maximum atomic E-state index is 11.9. The lowest BCUT2D eigenvalue weighted by atomic mass is 10.1. The number of hydrogen-bond donors (Lipinski definition) is 0. The van der Waals surface area contributed by atoms with Crippen molar-refractivity contribution in [1.29, 1.82) is 0 Å². The smallest absolute Gasteiger partial charge is 0.261 e. The van der Waals surface area contributed by atoms with Gasteiger partial charge < -0.3 is 4.74 Å². The Balaban J connectivity index is 2.03. The Kier molecular flexibility index (Phi) is 3.54. The number of benzene rings is 1. The molecule has 0 bridgehead atoms. The van der Waals surface area contributed by atoms with Crippen LogP contribution in [0.4, 0.5) is 0 Å². The topological polar surface area (TPSA) is 46.6 Å². The highest BCUT2D eigenvalue weighted by Gasteiger charge is 2.34. The summed E-state index contributed by atoms with van der Waals surface area (Å²) in [7, 11) is 0. The molecule has 0 radical (unpaired) electrons. The molecule has 2 amide bonds. The third-order valence-corrected chi connectivity index (χ3v) is 2.75. The molecule has 1 aliphatic heterocycles. The minimum absolute atomic E-state index is 0.193. The fraction of sp³-hybridized carbons (Fsp3) is 0.385. The summed E-state index contributed by atoms with van der Waals surface area (Å²) in [6, 6.07) is 6.93. The Bertz CT molecular complexity index is 407. The molecule has 90 valence electrons. The summed E-state index contributed by atoms with van der Waals surface area (Å²) in [5, 5.41) is 0. The normalized spacial score (nSPS) is 14.3. The highest BCUT2D eigenvalue weighted by atomic mass is 16.5. The Labute approximate surface area is 100 Å². The summed E-state index contributed by atoms with van der Waals surface area (Å²) in [6.07, 6.45) is 0.680. The summed E-state index contributed by atoms with van der Waals surface area (Å²) in [5.74, 6) is -0.385. The molecule has 0 aromatic heterocycles. The number of ether oxygens (including phenoxy) is 1. The van der Waals surface area contributed by atoms with Crippen LogP contribution < -0.4 is 0 Å². The first kappa shape index (κ1) is 11.8. The highest BCUT2D eigenvalue weighted by Crippen LogP contribution is 2.22. The van der Waals surface area contributed by atoms with Gasteiger partial charge in [0.2, 0.25) is 0 Å². The second-order valence-electron chi connectivity index (χ2n) is 3.86. The van der Waals surface area contributed by atoms with Crippen molar-refractivity contribution in [2.45, 2.75) is 13.3 Å². The fourth-order valence-corrected chi connectivity index (χ4v) is 1.91. The molecule has 17 heavy (non-hydrogen) atoms. The van der Waals surface area contributed by atoms with E-state index in [1.165, 1.54) is 4.90 Å². The first-order valence-corrected chi connectivity index (χ1v) is 5.78. The number of imide groups is 1. The lowest BCUT2D eigenvalue weighted by molar-refractivity contribution is 0.0630. The Morgan fingerprint density at radius 2 is 1.71 bits per heavy atom. The number of hydrogen-bond acceptors (Lipinski definition) is 3. The minimum Gasteiger partial charge on any atom is -0.382 e. The van der Waals surface area contributed by atoms with Crippen LogP contribution in [0.5, 0.6) is 0 Å². The number of nitrogens with zero attached hydrogens (tertiary/aromatic N) is 1. The van der Waals surface area contributed by atoms with E-state index in [2.05, 4.69) is 0 Å².